The van der Waals surface area contributed by atoms with Crippen LogP contribution in [0, 0.1) is 13.8 Å². The fraction of sp³-hybridized carbons (Fsp3) is 0.120. The third kappa shape index (κ3) is 3.59. The highest BCUT2D eigenvalue weighted by Gasteiger charge is 2.26. The lowest BCUT2D eigenvalue weighted by Crippen LogP contribution is -2.06. The Morgan fingerprint density at radius 1 is 1.06 bits per heavy atom. The number of hydrogen-bond acceptors (Lipinski definition) is 5. The van der Waals surface area contributed by atoms with E-state index >= 15 is 0 Å². The van der Waals surface area contributed by atoms with Gasteiger partial charge in [0.1, 0.15) is 0 Å². The highest BCUT2D eigenvalue weighted by molar-refractivity contribution is 6.30. The molecule has 6 nitrogen and oxygen atoms in total. The third-order valence-electron chi connectivity index (χ3n) is 5.49. The molecule has 0 bridgehead atoms. The summed E-state index contributed by atoms with van der Waals surface area (Å²) in [7, 11) is 0. The number of hydrogen-bond donors (Lipinski definition) is 0. The Morgan fingerprint density at radius 3 is 2.62 bits per heavy atom. The molecule has 0 N–H and O–H groups in total. The minimum absolute atomic E-state index is 0.0426. The predicted molar refractivity (Wildman–Crippen MR) is 123 cm³/mol. The predicted octanol–water partition coefficient (Wildman–Crippen LogP) is 5.64. The lowest BCUT2D eigenvalue weighted by molar-refractivity contribution is 0.100. The highest BCUT2D eigenvalue weighted by Crippen LogP contribution is 2.30. The largest absolute Gasteiger partial charge is 0.413 e. The Morgan fingerprint density at radius 2 is 1.88 bits per heavy atom. The van der Waals surface area contributed by atoms with Crippen LogP contribution in [0.2, 0.25) is 5.02 Å². The summed E-state index contributed by atoms with van der Waals surface area (Å²) in [5.41, 5.74) is 5.20. The number of halogens is 1. The Balaban J connectivity index is 1.60. The molecule has 3 heterocycles. The van der Waals surface area contributed by atoms with Crippen LogP contribution in [0.1, 0.15) is 33.1 Å². The molecule has 2 aromatic carbocycles. The quantitative estimate of drug-likeness (QED) is 0.329. The molecular weight excluding hydrogens is 424 g/mol. The Bertz CT molecular complexity index is 1440. The van der Waals surface area contributed by atoms with Crippen molar-refractivity contribution in [3.63, 3.8) is 0 Å². The smallest absolute Gasteiger partial charge is 0.289 e. The van der Waals surface area contributed by atoms with Crippen molar-refractivity contribution in [3.8, 4) is 11.5 Å². The maximum Gasteiger partial charge on any atom is 0.289 e. The third-order valence-corrected chi connectivity index (χ3v) is 5.74. The molecule has 5 aromatic rings. The van der Waals surface area contributed by atoms with Crippen molar-refractivity contribution in [2.24, 2.45) is 0 Å². The summed E-state index contributed by atoms with van der Waals surface area (Å²) in [5, 5.41) is 9.62. The van der Waals surface area contributed by atoms with E-state index in [2.05, 4.69) is 19.7 Å². The van der Waals surface area contributed by atoms with E-state index in [1.165, 1.54) is 0 Å². The molecule has 0 aliphatic carbocycles. The van der Waals surface area contributed by atoms with E-state index in [1.54, 1.807) is 24.5 Å². The number of nitrogens with zero attached hydrogens (tertiary/aromatic N) is 4. The van der Waals surface area contributed by atoms with Crippen LogP contribution in [0.5, 0.6) is 0 Å². The van der Waals surface area contributed by atoms with Crippen LogP contribution in [-0.2, 0) is 6.54 Å². The van der Waals surface area contributed by atoms with Crippen molar-refractivity contribution >= 4 is 28.3 Å². The molecule has 0 atom stereocenters. The molecule has 3 aromatic heterocycles. The van der Waals surface area contributed by atoms with E-state index in [0.717, 1.165) is 27.7 Å². The zero-order valence-corrected chi connectivity index (χ0v) is 18.3. The van der Waals surface area contributed by atoms with Crippen LogP contribution in [0.25, 0.3) is 22.4 Å². The van der Waals surface area contributed by atoms with Crippen LogP contribution >= 0.6 is 11.6 Å². The summed E-state index contributed by atoms with van der Waals surface area (Å²) in [4.78, 5) is 17.6. The Labute approximate surface area is 189 Å². The molecule has 0 radical (unpaired) electrons. The molecule has 5 rings (SSSR count). The molecule has 0 fully saturated rings. The Kier molecular flexibility index (Phi) is 5.07. The van der Waals surface area contributed by atoms with Crippen LogP contribution in [0.3, 0.4) is 0 Å². The number of carbonyl (C=O) groups excluding carboxylic acids is 1. The number of aryl methyl sites for hydroxylation is 1. The summed E-state index contributed by atoms with van der Waals surface area (Å²) in [5.74, 6) is -0.0743. The fourth-order valence-electron chi connectivity index (χ4n) is 3.89. The summed E-state index contributed by atoms with van der Waals surface area (Å²) < 4.78 is 7.85. The molecule has 32 heavy (non-hydrogen) atoms. The average molecular weight is 443 g/mol. The fourth-order valence-corrected chi connectivity index (χ4v) is 4.01. The van der Waals surface area contributed by atoms with Gasteiger partial charge in [0.05, 0.1) is 11.1 Å². The first kappa shape index (κ1) is 20.2. The minimum atomic E-state index is -0.296. The van der Waals surface area contributed by atoms with E-state index in [1.807, 2.05) is 56.3 Å². The lowest BCUT2D eigenvalue weighted by Gasteiger charge is -2.09. The first-order chi connectivity index (χ1) is 15.5. The molecule has 0 amide bonds. The second-order valence-corrected chi connectivity index (χ2v) is 8.11. The number of ketones is 1. The molecular formula is C25H19ClN4O2. The van der Waals surface area contributed by atoms with Crippen LogP contribution in [0.15, 0.2) is 71.4 Å². The normalized spacial score (nSPS) is 11.2. The summed E-state index contributed by atoms with van der Waals surface area (Å²) in [6.07, 6.45) is 3.28. The van der Waals surface area contributed by atoms with Gasteiger partial charge in [-0.2, -0.15) is 0 Å². The SMILES string of the molecule is Cc1ccc2c(c1)c(C(=O)c1nnc(-c3cccnc3)o1)c(C)n2Cc1ccc(Cl)cc1. The van der Waals surface area contributed by atoms with Gasteiger partial charge in [-0.1, -0.05) is 35.4 Å². The maximum atomic E-state index is 13.5. The zero-order valence-electron chi connectivity index (χ0n) is 17.5. The van der Waals surface area contributed by atoms with Gasteiger partial charge in [-0.15, -0.1) is 10.2 Å². The van der Waals surface area contributed by atoms with Gasteiger partial charge in [0.25, 0.3) is 11.7 Å². The van der Waals surface area contributed by atoms with E-state index in [4.69, 9.17) is 16.0 Å². The number of aromatic nitrogens is 4. The first-order valence-corrected chi connectivity index (χ1v) is 10.5. The van der Waals surface area contributed by atoms with Crippen molar-refractivity contribution in [3.05, 3.63) is 100 Å². The molecule has 0 saturated heterocycles. The molecule has 158 valence electrons. The summed E-state index contributed by atoms with van der Waals surface area (Å²) in [6, 6.07) is 17.4. The number of pyridine rings is 1. The monoisotopic (exact) mass is 442 g/mol. The lowest BCUT2D eigenvalue weighted by atomic mass is 10.0. The van der Waals surface area contributed by atoms with Gasteiger partial charge in [-0.3, -0.25) is 9.78 Å². The Hall–Kier alpha value is -3.77. The zero-order chi connectivity index (χ0) is 22.2. The molecule has 0 unspecified atom stereocenters. The van der Waals surface area contributed by atoms with Gasteiger partial charge < -0.3 is 8.98 Å². The van der Waals surface area contributed by atoms with Crippen molar-refractivity contribution in [2.45, 2.75) is 20.4 Å². The van der Waals surface area contributed by atoms with Crippen molar-refractivity contribution < 1.29 is 9.21 Å². The van der Waals surface area contributed by atoms with Crippen molar-refractivity contribution in [1.29, 1.82) is 0 Å². The van der Waals surface area contributed by atoms with Gasteiger partial charge in [0.15, 0.2) is 0 Å². The number of carbonyl (C=O) groups is 1. The number of rotatable bonds is 5. The summed E-state index contributed by atoms with van der Waals surface area (Å²) >= 11 is 6.04. The van der Waals surface area contributed by atoms with Gasteiger partial charge in [-0.25, -0.2) is 0 Å². The summed E-state index contributed by atoms with van der Waals surface area (Å²) in [6.45, 7) is 4.56. The van der Waals surface area contributed by atoms with E-state index < -0.39 is 0 Å². The van der Waals surface area contributed by atoms with E-state index in [0.29, 0.717) is 22.7 Å². The molecule has 0 saturated carbocycles. The minimum Gasteiger partial charge on any atom is -0.413 e. The van der Waals surface area contributed by atoms with Crippen LogP contribution in [0.4, 0.5) is 0 Å². The highest BCUT2D eigenvalue weighted by atomic mass is 35.5. The first-order valence-electron chi connectivity index (χ1n) is 10.1. The average Bonchev–Trinajstić information content (AvgIpc) is 3.39. The maximum absolute atomic E-state index is 13.5. The molecule has 0 spiro atoms. The van der Waals surface area contributed by atoms with Crippen molar-refractivity contribution in [2.75, 3.05) is 0 Å². The topological polar surface area (TPSA) is 73.8 Å². The van der Waals surface area contributed by atoms with Gasteiger partial charge in [0.2, 0.25) is 5.89 Å². The second-order valence-electron chi connectivity index (χ2n) is 7.68. The second kappa shape index (κ2) is 8.05. The van der Waals surface area contributed by atoms with Gasteiger partial charge in [0, 0.05) is 40.6 Å². The van der Waals surface area contributed by atoms with E-state index in [9.17, 15) is 4.79 Å². The molecule has 0 aliphatic rings. The van der Waals surface area contributed by atoms with E-state index in [-0.39, 0.29) is 17.6 Å². The van der Waals surface area contributed by atoms with Crippen LogP contribution < -0.4 is 0 Å². The van der Waals surface area contributed by atoms with Crippen molar-refractivity contribution in [1.82, 2.24) is 19.7 Å². The standard InChI is InChI=1S/C25H19ClN4O2/c1-15-5-10-21-20(12-15)22(16(2)30(21)14-17-6-8-19(26)9-7-17)23(31)25-29-28-24(32-25)18-4-3-11-27-13-18/h3-13H,14H2,1-2H3. The van der Waals surface area contributed by atoms with Gasteiger partial charge in [-0.05, 0) is 55.8 Å². The van der Waals surface area contributed by atoms with Gasteiger partial charge >= 0.3 is 0 Å². The number of fused-ring (bicyclic) bond motifs is 1. The van der Waals surface area contributed by atoms with Crippen LogP contribution in [-0.4, -0.2) is 25.5 Å². The molecule has 0 aliphatic heterocycles. The molecule has 7 heteroatoms. The number of benzene rings is 2.